The zero-order valence-electron chi connectivity index (χ0n) is 19.8. The van der Waals surface area contributed by atoms with E-state index in [9.17, 15) is 4.79 Å². The second kappa shape index (κ2) is 10.9. The number of amides is 1. The van der Waals surface area contributed by atoms with E-state index in [4.69, 9.17) is 28.9 Å². The van der Waals surface area contributed by atoms with E-state index in [1.165, 1.54) is 0 Å². The normalized spacial score (nSPS) is 15.7. The number of hydrogen-bond donors (Lipinski definition) is 0. The molecule has 2 aromatic rings. The van der Waals surface area contributed by atoms with Crippen LogP contribution in [-0.2, 0) is 17.9 Å². The molecule has 1 fully saturated rings. The molecule has 6 nitrogen and oxygen atoms in total. The Hall–Kier alpha value is -1.70. The highest BCUT2D eigenvalue weighted by Gasteiger charge is 2.26. The quantitative estimate of drug-likeness (QED) is 0.510. The van der Waals surface area contributed by atoms with Gasteiger partial charge in [0.15, 0.2) is 10.6 Å². The number of aromatic nitrogens is 3. The lowest BCUT2D eigenvalue weighted by Crippen LogP contribution is -2.44. The van der Waals surface area contributed by atoms with Gasteiger partial charge in [0, 0.05) is 55.3 Å². The van der Waals surface area contributed by atoms with Gasteiger partial charge in [-0.05, 0) is 70.1 Å². The molecule has 0 spiro atoms. The van der Waals surface area contributed by atoms with Gasteiger partial charge in [-0.1, -0.05) is 24.9 Å². The van der Waals surface area contributed by atoms with Crippen molar-refractivity contribution in [3.8, 4) is 11.4 Å². The van der Waals surface area contributed by atoms with Crippen LogP contribution in [0.4, 0.5) is 0 Å². The Morgan fingerprint density at radius 2 is 1.81 bits per heavy atom. The highest BCUT2D eigenvalue weighted by atomic mass is 35.5. The number of halogens is 1. The van der Waals surface area contributed by atoms with Crippen molar-refractivity contribution >= 4 is 29.7 Å². The predicted molar refractivity (Wildman–Crippen MR) is 134 cm³/mol. The number of benzene rings is 1. The zero-order chi connectivity index (χ0) is 23.3. The van der Waals surface area contributed by atoms with Crippen molar-refractivity contribution < 1.29 is 4.79 Å². The molecular formula is C24H36ClN5OS. The first-order valence-corrected chi connectivity index (χ1v) is 12.5. The van der Waals surface area contributed by atoms with Gasteiger partial charge >= 0.3 is 0 Å². The molecule has 8 heteroatoms. The first-order chi connectivity index (χ1) is 15.2. The Bertz CT molecular complexity index is 960. The molecule has 1 aromatic heterocycles. The molecule has 1 aromatic carbocycles. The summed E-state index contributed by atoms with van der Waals surface area (Å²) in [5.41, 5.74) is 1.12. The number of nitrogens with zero attached hydrogens (tertiary/aromatic N) is 5. The maximum Gasteiger partial charge on any atom is 0.224 e. The van der Waals surface area contributed by atoms with Gasteiger partial charge in [0.1, 0.15) is 0 Å². The third-order valence-corrected chi connectivity index (χ3v) is 6.78. The minimum Gasteiger partial charge on any atom is -0.341 e. The summed E-state index contributed by atoms with van der Waals surface area (Å²) in [4.78, 5) is 17.4. The summed E-state index contributed by atoms with van der Waals surface area (Å²) in [6, 6.07) is 7.67. The molecule has 0 atom stereocenters. The van der Waals surface area contributed by atoms with Gasteiger partial charge in [-0.2, -0.15) is 5.10 Å². The standard InChI is InChI=1S/C24H36ClN5OS/c1-5-6-15-29-22(19-8-10-20(25)11-9-19)26-30(23(29)32)16-12-21(31)27-13-7-14-28(18-17-27)24(2,3)4/h8-11H,5-7,12-18H2,1-4H3. The number of hydrogen-bond acceptors (Lipinski definition) is 4. The van der Waals surface area contributed by atoms with Crippen LogP contribution in [0.3, 0.4) is 0 Å². The molecule has 0 bridgehead atoms. The van der Waals surface area contributed by atoms with Crippen molar-refractivity contribution in [2.24, 2.45) is 0 Å². The van der Waals surface area contributed by atoms with Crippen molar-refractivity contribution in [1.82, 2.24) is 24.1 Å². The Labute approximate surface area is 202 Å². The fraction of sp³-hybridized carbons (Fsp3) is 0.625. The lowest BCUT2D eigenvalue weighted by atomic mass is 10.1. The molecule has 32 heavy (non-hydrogen) atoms. The summed E-state index contributed by atoms with van der Waals surface area (Å²) in [5, 5.41) is 5.49. The molecule has 1 saturated heterocycles. The average Bonchev–Trinajstić information content (AvgIpc) is 2.92. The third-order valence-electron chi connectivity index (χ3n) is 6.10. The summed E-state index contributed by atoms with van der Waals surface area (Å²) in [6.07, 6.45) is 3.52. The lowest BCUT2D eigenvalue weighted by Gasteiger charge is -2.34. The number of aryl methyl sites for hydroxylation is 1. The van der Waals surface area contributed by atoms with Crippen molar-refractivity contribution in [2.75, 3.05) is 26.2 Å². The fourth-order valence-electron chi connectivity index (χ4n) is 4.11. The summed E-state index contributed by atoms with van der Waals surface area (Å²) in [7, 11) is 0. The van der Waals surface area contributed by atoms with Gasteiger partial charge in [-0.15, -0.1) is 0 Å². The van der Waals surface area contributed by atoms with Crippen LogP contribution < -0.4 is 0 Å². The van der Waals surface area contributed by atoms with Crippen molar-refractivity contribution in [3.05, 3.63) is 34.1 Å². The van der Waals surface area contributed by atoms with Crippen molar-refractivity contribution in [3.63, 3.8) is 0 Å². The number of carbonyl (C=O) groups excluding carboxylic acids is 1. The molecule has 0 radical (unpaired) electrons. The first-order valence-electron chi connectivity index (χ1n) is 11.7. The number of rotatable bonds is 7. The van der Waals surface area contributed by atoms with Crippen LogP contribution in [0, 0.1) is 4.77 Å². The number of unbranched alkanes of at least 4 members (excludes halogenated alkanes) is 1. The van der Waals surface area contributed by atoms with Gasteiger partial charge < -0.3 is 4.90 Å². The third kappa shape index (κ3) is 6.21. The van der Waals surface area contributed by atoms with Crippen LogP contribution in [0.15, 0.2) is 24.3 Å². The van der Waals surface area contributed by atoms with E-state index >= 15 is 0 Å². The van der Waals surface area contributed by atoms with E-state index in [1.807, 2.05) is 33.8 Å². The smallest absolute Gasteiger partial charge is 0.224 e. The van der Waals surface area contributed by atoms with Gasteiger partial charge in [-0.25, -0.2) is 4.68 Å². The lowest BCUT2D eigenvalue weighted by molar-refractivity contribution is -0.131. The monoisotopic (exact) mass is 477 g/mol. The van der Waals surface area contributed by atoms with Gasteiger partial charge in [0.05, 0.1) is 6.54 Å². The predicted octanol–water partition coefficient (Wildman–Crippen LogP) is 5.26. The van der Waals surface area contributed by atoms with Crippen molar-refractivity contribution in [1.29, 1.82) is 0 Å². The fourth-order valence-corrected chi connectivity index (χ4v) is 4.55. The average molecular weight is 478 g/mol. The second-order valence-corrected chi connectivity index (χ2v) is 10.3. The molecule has 0 saturated carbocycles. The van der Waals surface area contributed by atoms with Crippen LogP contribution in [0.2, 0.25) is 5.02 Å². The Kier molecular flexibility index (Phi) is 8.53. The van der Waals surface area contributed by atoms with Crippen molar-refractivity contribution in [2.45, 2.75) is 72.0 Å². The van der Waals surface area contributed by atoms with Gasteiger partial charge in [0.25, 0.3) is 0 Å². The molecule has 1 aliphatic rings. The summed E-state index contributed by atoms with van der Waals surface area (Å²) < 4.78 is 4.57. The molecule has 1 aliphatic heterocycles. The van der Waals surface area contributed by atoms with E-state index in [2.05, 4.69) is 37.2 Å². The number of carbonyl (C=O) groups is 1. The van der Waals surface area contributed by atoms with Crippen LogP contribution in [0.1, 0.15) is 53.4 Å². The van der Waals surface area contributed by atoms with E-state index in [1.54, 1.807) is 0 Å². The second-order valence-electron chi connectivity index (χ2n) is 9.48. The molecule has 0 N–H and O–H groups in total. The molecule has 0 unspecified atom stereocenters. The van der Waals surface area contributed by atoms with E-state index < -0.39 is 0 Å². The highest BCUT2D eigenvalue weighted by molar-refractivity contribution is 7.71. The van der Waals surface area contributed by atoms with E-state index in [0.29, 0.717) is 22.8 Å². The molecule has 2 heterocycles. The molecule has 176 valence electrons. The minimum atomic E-state index is 0.134. The van der Waals surface area contributed by atoms with E-state index in [0.717, 1.165) is 63.4 Å². The largest absolute Gasteiger partial charge is 0.341 e. The Morgan fingerprint density at radius 1 is 1.09 bits per heavy atom. The van der Waals surface area contributed by atoms with E-state index in [-0.39, 0.29) is 11.4 Å². The Balaban J connectivity index is 1.71. The minimum absolute atomic E-state index is 0.134. The van der Waals surface area contributed by atoms with Crippen LogP contribution in [-0.4, -0.2) is 61.8 Å². The summed E-state index contributed by atoms with van der Waals surface area (Å²) in [5.74, 6) is 1.02. The van der Waals surface area contributed by atoms with Crippen LogP contribution >= 0.6 is 23.8 Å². The maximum absolute atomic E-state index is 13.0. The topological polar surface area (TPSA) is 46.3 Å². The molecular weight excluding hydrogens is 442 g/mol. The molecule has 3 rings (SSSR count). The zero-order valence-corrected chi connectivity index (χ0v) is 21.4. The van der Waals surface area contributed by atoms with Crippen LogP contribution in [0.25, 0.3) is 11.4 Å². The van der Waals surface area contributed by atoms with Crippen LogP contribution in [0.5, 0.6) is 0 Å². The molecule has 0 aliphatic carbocycles. The Morgan fingerprint density at radius 3 is 2.47 bits per heavy atom. The van der Waals surface area contributed by atoms with Gasteiger partial charge in [0.2, 0.25) is 5.91 Å². The highest BCUT2D eigenvalue weighted by Crippen LogP contribution is 2.22. The van der Waals surface area contributed by atoms with Gasteiger partial charge in [-0.3, -0.25) is 14.3 Å². The first kappa shape index (κ1) is 24.9. The summed E-state index contributed by atoms with van der Waals surface area (Å²) in [6.45, 7) is 13.7. The molecule has 1 amide bonds. The summed E-state index contributed by atoms with van der Waals surface area (Å²) >= 11 is 11.8. The maximum atomic E-state index is 13.0. The SMILES string of the molecule is CCCCn1c(-c2ccc(Cl)cc2)nn(CCC(=O)N2CCCN(C(C)(C)C)CC2)c1=S.